The van der Waals surface area contributed by atoms with E-state index in [0.29, 0.717) is 11.1 Å². The van der Waals surface area contributed by atoms with Crippen molar-refractivity contribution in [1.82, 2.24) is 4.98 Å². The van der Waals surface area contributed by atoms with E-state index in [-0.39, 0.29) is 5.63 Å². The van der Waals surface area contributed by atoms with E-state index in [1.54, 1.807) is 6.07 Å². The third-order valence-electron chi connectivity index (χ3n) is 3.86. The fourth-order valence-electron chi connectivity index (χ4n) is 2.78. The molecule has 0 saturated carbocycles. The number of hydrogen-bond acceptors (Lipinski definition) is 2. The quantitative estimate of drug-likeness (QED) is 0.528. The highest BCUT2D eigenvalue weighted by atomic mass is 16.4. The molecule has 0 fully saturated rings. The van der Waals surface area contributed by atoms with Gasteiger partial charge < -0.3 is 9.40 Å². The minimum Gasteiger partial charge on any atom is -0.422 e. The number of rotatable bonds is 1. The molecule has 0 aliphatic rings. The molecule has 0 radical (unpaired) electrons. The first kappa shape index (κ1) is 12.0. The molecular weight excluding hydrogens is 262 g/mol. The number of H-pyrrole nitrogens is 1. The number of para-hydroxylation sites is 2. The summed E-state index contributed by atoms with van der Waals surface area (Å²) in [5, 5.41) is 1.96. The second-order valence-electron chi connectivity index (χ2n) is 5.19. The van der Waals surface area contributed by atoms with Crippen LogP contribution in [0, 0.1) is 6.92 Å². The van der Waals surface area contributed by atoms with Crippen LogP contribution >= 0.6 is 0 Å². The van der Waals surface area contributed by atoms with Gasteiger partial charge >= 0.3 is 5.63 Å². The predicted molar refractivity (Wildman–Crippen MR) is 84.5 cm³/mol. The lowest BCUT2D eigenvalue weighted by molar-refractivity contribution is 0.563. The van der Waals surface area contributed by atoms with Gasteiger partial charge in [0.05, 0.1) is 5.56 Å². The van der Waals surface area contributed by atoms with Gasteiger partial charge in [-0.2, -0.15) is 0 Å². The predicted octanol–water partition coefficient (Wildman–Crippen LogP) is 4.25. The van der Waals surface area contributed by atoms with Gasteiger partial charge in [-0.25, -0.2) is 4.79 Å². The smallest absolute Gasteiger partial charge is 0.344 e. The summed E-state index contributed by atoms with van der Waals surface area (Å²) in [4.78, 5) is 15.5. The third-order valence-corrected chi connectivity index (χ3v) is 3.86. The van der Waals surface area contributed by atoms with Crippen molar-refractivity contribution in [2.24, 2.45) is 0 Å². The number of benzene rings is 2. The Morgan fingerprint density at radius 1 is 1.00 bits per heavy atom. The van der Waals surface area contributed by atoms with Crippen molar-refractivity contribution in [3.8, 4) is 11.1 Å². The molecular formula is C18H13NO2. The Morgan fingerprint density at radius 2 is 1.86 bits per heavy atom. The lowest BCUT2D eigenvalue weighted by Gasteiger charge is -2.02. The standard InChI is InChI=1S/C18H13NO2/c1-11-5-4-7-13-15(10-19-17(11)13)14-9-12-6-2-3-8-16(12)21-18(14)20/h2-10,19H,1H3. The summed E-state index contributed by atoms with van der Waals surface area (Å²) in [6.07, 6.45) is 1.87. The van der Waals surface area contributed by atoms with Crippen LogP contribution in [0.2, 0.25) is 0 Å². The van der Waals surface area contributed by atoms with Crippen molar-refractivity contribution in [3.05, 3.63) is 70.7 Å². The zero-order chi connectivity index (χ0) is 14.4. The van der Waals surface area contributed by atoms with Crippen LogP contribution in [0.3, 0.4) is 0 Å². The summed E-state index contributed by atoms with van der Waals surface area (Å²) >= 11 is 0. The van der Waals surface area contributed by atoms with E-state index >= 15 is 0 Å². The second-order valence-corrected chi connectivity index (χ2v) is 5.19. The monoisotopic (exact) mass is 275 g/mol. The maximum Gasteiger partial charge on any atom is 0.344 e. The Bertz CT molecular complexity index is 1020. The highest BCUT2D eigenvalue weighted by Crippen LogP contribution is 2.29. The normalized spacial score (nSPS) is 11.3. The Hall–Kier alpha value is -2.81. The molecule has 102 valence electrons. The highest BCUT2D eigenvalue weighted by molar-refractivity contribution is 5.98. The Balaban J connectivity index is 2.07. The molecule has 1 N–H and O–H groups in total. The third kappa shape index (κ3) is 1.78. The van der Waals surface area contributed by atoms with Crippen LogP contribution in [-0.4, -0.2) is 4.98 Å². The van der Waals surface area contributed by atoms with Crippen LogP contribution in [0.5, 0.6) is 0 Å². The summed E-state index contributed by atoms with van der Waals surface area (Å²) in [6.45, 7) is 2.05. The zero-order valence-electron chi connectivity index (χ0n) is 11.5. The summed E-state index contributed by atoms with van der Waals surface area (Å²) in [6, 6.07) is 15.5. The average molecular weight is 275 g/mol. The van der Waals surface area contributed by atoms with E-state index in [2.05, 4.69) is 4.98 Å². The molecule has 0 atom stereocenters. The van der Waals surface area contributed by atoms with Gasteiger partial charge in [-0.05, 0) is 24.6 Å². The van der Waals surface area contributed by atoms with Crippen molar-refractivity contribution in [2.45, 2.75) is 6.92 Å². The molecule has 0 spiro atoms. The van der Waals surface area contributed by atoms with E-state index in [1.165, 1.54) is 0 Å². The first-order valence-corrected chi connectivity index (χ1v) is 6.84. The Kier molecular flexibility index (Phi) is 2.48. The van der Waals surface area contributed by atoms with Crippen molar-refractivity contribution in [1.29, 1.82) is 0 Å². The van der Waals surface area contributed by atoms with Crippen LogP contribution in [0.4, 0.5) is 0 Å². The van der Waals surface area contributed by atoms with Crippen LogP contribution in [0.15, 0.2) is 63.9 Å². The van der Waals surface area contributed by atoms with Gasteiger partial charge in [-0.3, -0.25) is 0 Å². The molecule has 0 amide bonds. The summed E-state index contributed by atoms with van der Waals surface area (Å²) < 4.78 is 5.43. The van der Waals surface area contributed by atoms with E-state index in [9.17, 15) is 4.79 Å². The largest absolute Gasteiger partial charge is 0.422 e. The molecule has 0 unspecified atom stereocenters. The molecule has 4 rings (SSSR count). The fraction of sp³-hybridized carbons (Fsp3) is 0.0556. The molecule has 21 heavy (non-hydrogen) atoms. The SMILES string of the molecule is Cc1cccc2c(-c3cc4ccccc4oc3=O)c[nH]c12. The van der Waals surface area contributed by atoms with Crippen molar-refractivity contribution in [2.75, 3.05) is 0 Å². The number of fused-ring (bicyclic) bond motifs is 2. The Labute approximate surface area is 120 Å². The van der Waals surface area contributed by atoms with Gasteiger partial charge in [0.1, 0.15) is 5.58 Å². The summed E-state index contributed by atoms with van der Waals surface area (Å²) in [5.41, 5.74) is 3.99. The number of aromatic nitrogens is 1. The van der Waals surface area contributed by atoms with E-state index < -0.39 is 0 Å². The van der Waals surface area contributed by atoms with Gasteiger partial charge in [0.25, 0.3) is 0 Å². The van der Waals surface area contributed by atoms with Gasteiger partial charge in [-0.1, -0.05) is 36.4 Å². The van der Waals surface area contributed by atoms with Crippen molar-refractivity contribution >= 4 is 21.9 Å². The van der Waals surface area contributed by atoms with Crippen LogP contribution < -0.4 is 5.63 Å². The number of aryl methyl sites for hydroxylation is 1. The number of aromatic amines is 1. The second kappa shape index (κ2) is 4.35. The topological polar surface area (TPSA) is 46.0 Å². The van der Waals surface area contributed by atoms with Gasteiger partial charge in [0.15, 0.2) is 0 Å². The molecule has 4 aromatic rings. The maximum absolute atomic E-state index is 12.3. The fourth-order valence-corrected chi connectivity index (χ4v) is 2.78. The van der Waals surface area contributed by atoms with E-state index in [1.807, 2.05) is 55.6 Å². The highest BCUT2D eigenvalue weighted by Gasteiger charge is 2.12. The molecule has 0 aliphatic carbocycles. The van der Waals surface area contributed by atoms with Crippen LogP contribution in [0.1, 0.15) is 5.56 Å². The molecule has 3 nitrogen and oxygen atoms in total. The molecule has 3 heteroatoms. The number of nitrogens with one attached hydrogen (secondary N) is 1. The van der Waals surface area contributed by atoms with E-state index in [0.717, 1.165) is 27.4 Å². The van der Waals surface area contributed by atoms with Gasteiger partial charge in [0, 0.05) is 28.0 Å². The molecule has 2 aromatic carbocycles. The minimum absolute atomic E-state index is 0.309. The first-order valence-electron chi connectivity index (χ1n) is 6.84. The van der Waals surface area contributed by atoms with Crippen molar-refractivity contribution in [3.63, 3.8) is 0 Å². The minimum atomic E-state index is -0.309. The summed E-state index contributed by atoms with van der Waals surface area (Å²) in [5.74, 6) is 0. The molecule has 0 aliphatic heterocycles. The first-order chi connectivity index (χ1) is 10.2. The van der Waals surface area contributed by atoms with Crippen molar-refractivity contribution < 1.29 is 4.42 Å². The lowest BCUT2D eigenvalue weighted by Crippen LogP contribution is -2.02. The molecule has 0 bridgehead atoms. The van der Waals surface area contributed by atoms with Gasteiger partial charge in [0.2, 0.25) is 0 Å². The maximum atomic E-state index is 12.3. The zero-order valence-corrected chi connectivity index (χ0v) is 11.5. The lowest BCUT2D eigenvalue weighted by atomic mass is 10.0. The Morgan fingerprint density at radius 3 is 2.76 bits per heavy atom. The van der Waals surface area contributed by atoms with Crippen LogP contribution in [0.25, 0.3) is 33.0 Å². The van der Waals surface area contributed by atoms with E-state index in [4.69, 9.17) is 4.42 Å². The average Bonchev–Trinajstić information content (AvgIpc) is 2.92. The van der Waals surface area contributed by atoms with Gasteiger partial charge in [-0.15, -0.1) is 0 Å². The molecule has 2 heterocycles. The molecule has 2 aromatic heterocycles. The van der Waals surface area contributed by atoms with Crippen LogP contribution in [-0.2, 0) is 0 Å². The molecule has 0 saturated heterocycles. The summed E-state index contributed by atoms with van der Waals surface area (Å²) in [7, 11) is 0. The number of hydrogen-bond donors (Lipinski definition) is 1.